The van der Waals surface area contributed by atoms with E-state index in [4.69, 9.17) is 4.74 Å². The first kappa shape index (κ1) is 14.4. The summed E-state index contributed by atoms with van der Waals surface area (Å²) < 4.78 is 5.48. The zero-order valence-corrected chi connectivity index (χ0v) is 12.7. The van der Waals surface area contributed by atoms with Crippen LogP contribution >= 0.6 is 0 Å². The van der Waals surface area contributed by atoms with E-state index in [2.05, 4.69) is 4.90 Å². The van der Waals surface area contributed by atoms with E-state index in [0.717, 1.165) is 45.4 Å². The van der Waals surface area contributed by atoms with Gasteiger partial charge in [0.15, 0.2) is 0 Å². The number of rotatable bonds is 2. The minimum Gasteiger partial charge on any atom is -0.381 e. The van der Waals surface area contributed by atoms with Gasteiger partial charge in [-0.15, -0.1) is 0 Å². The molecule has 1 unspecified atom stereocenters. The maximum Gasteiger partial charge on any atom is 0.225 e. The molecule has 0 radical (unpaired) electrons. The molecule has 3 nitrogen and oxygen atoms in total. The van der Waals surface area contributed by atoms with Crippen molar-refractivity contribution < 1.29 is 9.53 Å². The van der Waals surface area contributed by atoms with Crippen LogP contribution in [0.25, 0.3) is 0 Å². The first-order valence-electron chi connectivity index (χ1n) is 8.74. The van der Waals surface area contributed by atoms with Gasteiger partial charge >= 0.3 is 0 Å². The van der Waals surface area contributed by atoms with Gasteiger partial charge in [-0.2, -0.15) is 0 Å². The molecule has 114 valence electrons. The second-order valence-corrected chi connectivity index (χ2v) is 6.88. The Bertz CT molecular complexity index is 317. The van der Waals surface area contributed by atoms with Gasteiger partial charge in [0.1, 0.15) is 0 Å². The molecule has 2 aliphatic heterocycles. The molecule has 2 saturated heterocycles. The van der Waals surface area contributed by atoms with Gasteiger partial charge in [0.05, 0.1) is 0 Å². The largest absolute Gasteiger partial charge is 0.381 e. The van der Waals surface area contributed by atoms with Crippen molar-refractivity contribution in [1.29, 1.82) is 0 Å². The molecule has 1 saturated carbocycles. The fourth-order valence-corrected chi connectivity index (χ4v) is 4.42. The number of carbonyl (C=O) groups is 1. The van der Waals surface area contributed by atoms with Gasteiger partial charge in [0, 0.05) is 31.7 Å². The summed E-state index contributed by atoms with van der Waals surface area (Å²) in [6.45, 7) is 2.80. The third-order valence-corrected chi connectivity index (χ3v) is 5.60. The third-order valence-electron chi connectivity index (χ3n) is 5.60. The number of likely N-dealkylation sites (tertiary alicyclic amines) is 1. The van der Waals surface area contributed by atoms with Gasteiger partial charge in [-0.3, -0.25) is 4.79 Å². The highest BCUT2D eigenvalue weighted by molar-refractivity contribution is 5.79. The van der Waals surface area contributed by atoms with Crippen molar-refractivity contribution in [3.8, 4) is 0 Å². The molecule has 3 heteroatoms. The highest BCUT2D eigenvalue weighted by Crippen LogP contribution is 2.33. The maximum absolute atomic E-state index is 12.9. The molecule has 0 aromatic heterocycles. The molecule has 3 rings (SSSR count). The van der Waals surface area contributed by atoms with Crippen molar-refractivity contribution in [1.82, 2.24) is 4.90 Å². The number of hydrogen-bond acceptors (Lipinski definition) is 2. The van der Waals surface area contributed by atoms with E-state index in [1.165, 1.54) is 38.5 Å². The minimum absolute atomic E-state index is 0.331. The predicted octanol–water partition coefficient (Wildman–Crippen LogP) is 3.37. The summed E-state index contributed by atoms with van der Waals surface area (Å²) in [7, 11) is 0. The monoisotopic (exact) mass is 279 g/mol. The van der Waals surface area contributed by atoms with Gasteiger partial charge < -0.3 is 9.64 Å². The van der Waals surface area contributed by atoms with Crippen LogP contribution < -0.4 is 0 Å². The molecule has 0 bridgehead atoms. The molecule has 0 aromatic carbocycles. The molecule has 3 aliphatic rings. The number of nitrogens with zero attached hydrogens (tertiary/aromatic N) is 1. The number of hydrogen-bond donors (Lipinski definition) is 0. The van der Waals surface area contributed by atoms with Gasteiger partial charge in [-0.05, 0) is 44.4 Å². The Balaban J connectivity index is 1.62. The van der Waals surface area contributed by atoms with Gasteiger partial charge in [0.25, 0.3) is 0 Å². The second kappa shape index (κ2) is 6.93. The summed E-state index contributed by atoms with van der Waals surface area (Å²) in [5, 5.41) is 0. The van der Waals surface area contributed by atoms with Crippen LogP contribution in [0.2, 0.25) is 0 Å². The van der Waals surface area contributed by atoms with Crippen LogP contribution in [0.3, 0.4) is 0 Å². The maximum atomic E-state index is 12.9. The first-order chi connectivity index (χ1) is 9.86. The van der Waals surface area contributed by atoms with Crippen LogP contribution in [0.15, 0.2) is 0 Å². The topological polar surface area (TPSA) is 29.5 Å². The number of ether oxygens (including phenoxy) is 1. The first-order valence-corrected chi connectivity index (χ1v) is 8.74. The summed E-state index contributed by atoms with van der Waals surface area (Å²) in [5.74, 6) is 1.51. The summed E-state index contributed by atoms with van der Waals surface area (Å²) in [5.41, 5.74) is 0. The Hall–Kier alpha value is -0.570. The molecule has 2 heterocycles. The molecule has 3 fully saturated rings. The van der Waals surface area contributed by atoms with Crippen LogP contribution in [-0.4, -0.2) is 36.6 Å². The van der Waals surface area contributed by atoms with E-state index < -0.39 is 0 Å². The highest BCUT2D eigenvalue weighted by atomic mass is 16.5. The molecule has 0 aromatic rings. The van der Waals surface area contributed by atoms with E-state index >= 15 is 0 Å². The lowest BCUT2D eigenvalue weighted by atomic mass is 9.89. The van der Waals surface area contributed by atoms with Gasteiger partial charge in [-0.1, -0.05) is 25.7 Å². The summed E-state index contributed by atoms with van der Waals surface area (Å²) in [6.07, 6.45) is 12.2. The summed E-state index contributed by atoms with van der Waals surface area (Å²) in [4.78, 5) is 15.2. The lowest BCUT2D eigenvalue weighted by Crippen LogP contribution is -2.44. The van der Waals surface area contributed by atoms with E-state index in [9.17, 15) is 4.79 Å². The van der Waals surface area contributed by atoms with Crippen molar-refractivity contribution in [3.05, 3.63) is 0 Å². The van der Waals surface area contributed by atoms with Gasteiger partial charge in [0.2, 0.25) is 5.91 Å². The highest BCUT2D eigenvalue weighted by Gasteiger charge is 2.37. The van der Waals surface area contributed by atoms with E-state index in [1.807, 2.05) is 0 Å². The van der Waals surface area contributed by atoms with Crippen molar-refractivity contribution in [2.75, 3.05) is 19.8 Å². The van der Waals surface area contributed by atoms with E-state index in [-0.39, 0.29) is 0 Å². The minimum atomic E-state index is 0.331. The average Bonchev–Trinajstić information content (AvgIpc) is 2.82. The molecular formula is C17H29NO2. The zero-order chi connectivity index (χ0) is 13.8. The SMILES string of the molecule is O=C(C1CCCCCC1)N1CCCC1C1CCOCC1. The van der Waals surface area contributed by atoms with Crippen molar-refractivity contribution in [3.63, 3.8) is 0 Å². The number of amides is 1. The Labute approximate surface area is 123 Å². The average molecular weight is 279 g/mol. The fraction of sp³-hybridized carbons (Fsp3) is 0.941. The molecule has 0 spiro atoms. The van der Waals surface area contributed by atoms with Crippen LogP contribution in [0.4, 0.5) is 0 Å². The molecule has 0 N–H and O–H groups in total. The van der Waals surface area contributed by atoms with Crippen molar-refractivity contribution >= 4 is 5.91 Å². The molecular weight excluding hydrogens is 250 g/mol. The molecule has 1 amide bonds. The van der Waals surface area contributed by atoms with E-state index in [0.29, 0.717) is 23.8 Å². The Morgan fingerprint density at radius 3 is 2.25 bits per heavy atom. The standard InChI is InChI=1S/C17H29NO2/c19-17(15-6-3-1-2-4-7-15)18-11-5-8-16(18)14-9-12-20-13-10-14/h14-16H,1-13H2. The van der Waals surface area contributed by atoms with Crippen molar-refractivity contribution in [2.24, 2.45) is 11.8 Å². The Morgan fingerprint density at radius 2 is 1.55 bits per heavy atom. The van der Waals surface area contributed by atoms with Crippen LogP contribution in [0.1, 0.15) is 64.2 Å². The van der Waals surface area contributed by atoms with Crippen molar-refractivity contribution in [2.45, 2.75) is 70.3 Å². The zero-order valence-electron chi connectivity index (χ0n) is 12.7. The fourth-order valence-electron chi connectivity index (χ4n) is 4.42. The summed E-state index contributed by atoms with van der Waals surface area (Å²) in [6, 6.07) is 0.523. The van der Waals surface area contributed by atoms with Gasteiger partial charge in [-0.25, -0.2) is 0 Å². The lowest BCUT2D eigenvalue weighted by Gasteiger charge is -2.35. The van der Waals surface area contributed by atoms with E-state index in [1.54, 1.807) is 0 Å². The molecule has 1 atom stereocenters. The molecule has 20 heavy (non-hydrogen) atoms. The predicted molar refractivity (Wildman–Crippen MR) is 79.5 cm³/mol. The smallest absolute Gasteiger partial charge is 0.225 e. The van der Waals surface area contributed by atoms with Crippen LogP contribution in [0.5, 0.6) is 0 Å². The quantitative estimate of drug-likeness (QED) is 0.725. The van der Waals surface area contributed by atoms with Crippen LogP contribution in [-0.2, 0) is 9.53 Å². The second-order valence-electron chi connectivity index (χ2n) is 6.88. The summed E-state index contributed by atoms with van der Waals surface area (Å²) >= 11 is 0. The Kier molecular flexibility index (Phi) is 4.98. The number of carbonyl (C=O) groups excluding carboxylic acids is 1. The normalized spacial score (nSPS) is 30.4. The Morgan fingerprint density at radius 1 is 0.850 bits per heavy atom. The molecule has 1 aliphatic carbocycles. The third kappa shape index (κ3) is 3.19. The van der Waals surface area contributed by atoms with Crippen LogP contribution in [0, 0.1) is 11.8 Å². The lowest BCUT2D eigenvalue weighted by molar-refractivity contribution is -0.138.